The van der Waals surface area contributed by atoms with Crippen molar-refractivity contribution < 1.29 is 23.8 Å². The summed E-state index contributed by atoms with van der Waals surface area (Å²) in [5.74, 6) is 0.950. The summed E-state index contributed by atoms with van der Waals surface area (Å²) in [5, 5.41) is 0.817. The number of rotatable bonds is 7. The van der Waals surface area contributed by atoms with E-state index in [-0.39, 0.29) is 14.1 Å². The lowest BCUT2D eigenvalue weighted by atomic mass is 10.2. The van der Waals surface area contributed by atoms with Gasteiger partial charge in [0.1, 0.15) is 22.8 Å². The van der Waals surface area contributed by atoms with Crippen LogP contribution in [0.25, 0.3) is 0 Å². The summed E-state index contributed by atoms with van der Waals surface area (Å²) in [6.07, 6.45) is 0. The largest absolute Gasteiger partial charge is 0.496 e. The molecule has 0 radical (unpaired) electrons. The second-order valence-corrected chi connectivity index (χ2v) is 7.05. The van der Waals surface area contributed by atoms with Gasteiger partial charge in [0.25, 0.3) is 0 Å². The molecule has 0 N–H and O–H groups in total. The van der Waals surface area contributed by atoms with E-state index in [0.29, 0.717) is 28.4 Å². The van der Waals surface area contributed by atoms with Gasteiger partial charge in [0.15, 0.2) is 5.52 Å². The molecule has 1 atom stereocenters. The first-order valence-electron chi connectivity index (χ1n) is 8.52. The second-order valence-electron chi connectivity index (χ2n) is 5.77. The Labute approximate surface area is 165 Å². The first-order chi connectivity index (χ1) is 13.6. The Kier molecular flexibility index (Phi) is 6.41. The van der Waals surface area contributed by atoms with Gasteiger partial charge in [-0.2, -0.15) is 0 Å². The lowest BCUT2D eigenvalue weighted by Crippen LogP contribution is -2.09. The second kappa shape index (κ2) is 9.16. The zero-order valence-electron chi connectivity index (χ0n) is 15.5. The summed E-state index contributed by atoms with van der Waals surface area (Å²) in [6.45, 7) is 0. The maximum atomic E-state index is 12.8. The lowest BCUT2D eigenvalue weighted by Gasteiger charge is -2.12. The molecule has 3 aromatic carbocycles. The zero-order valence-corrected chi connectivity index (χ0v) is 16.5. The third-order valence-corrected chi connectivity index (χ3v) is 5.09. The molecule has 0 aromatic heterocycles. The van der Waals surface area contributed by atoms with E-state index in [0.717, 1.165) is 5.30 Å². The molecule has 0 amide bonds. The van der Waals surface area contributed by atoms with E-state index < -0.39 is 5.97 Å². The van der Waals surface area contributed by atoms with Crippen LogP contribution in [0.3, 0.4) is 0 Å². The SMILES string of the molecule is COc1cccc(OC)c1C(=O)Pc1ccc(OC(=O)c2ccccc2)cc1. The molecule has 0 aliphatic heterocycles. The Hall–Kier alpha value is -3.17. The first-order valence-corrected chi connectivity index (χ1v) is 9.52. The molecule has 28 heavy (non-hydrogen) atoms. The Morgan fingerprint density at radius 2 is 1.36 bits per heavy atom. The lowest BCUT2D eigenvalue weighted by molar-refractivity contribution is 0.0734. The maximum absolute atomic E-state index is 12.8. The summed E-state index contributed by atoms with van der Waals surface area (Å²) in [7, 11) is 2.92. The van der Waals surface area contributed by atoms with E-state index in [2.05, 4.69) is 0 Å². The minimum atomic E-state index is -0.425. The van der Waals surface area contributed by atoms with Crippen molar-refractivity contribution >= 4 is 25.4 Å². The molecule has 0 aliphatic carbocycles. The molecule has 142 valence electrons. The number of hydrogen-bond donors (Lipinski definition) is 0. The molecule has 5 nitrogen and oxygen atoms in total. The number of benzene rings is 3. The highest BCUT2D eigenvalue weighted by Crippen LogP contribution is 2.33. The highest BCUT2D eigenvalue weighted by Gasteiger charge is 2.18. The van der Waals surface area contributed by atoms with Crippen molar-refractivity contribution in [2.24, 2.45) is 0 Å². The molecule has 0 spiro atoms. The van der Waals surface area contributed by atoms with E-state index in [1.807, 2.05) is 6.07 Å². The summed E-state index contributed by atoms with van der Waals surface area (Å²) < 4.78 is 16.0. The van der Waals surface area contributed by atoms with E-state index in [4.69, 9.17) is 14.2 Å². The Bertz CT molecular complexity index is 946. The molecular weight excluding hydrogens is 375 g/mol. The van der Waals surface area contributed by atoms with Crippen molar-refractivity contribution in [3.8, 4) is 17.2 Å². The van der Waals surface area contributed by atoms with E-state index in [1.54, 1.807) is 66.7 Å². The van der Waals surface area contributed by atoms with Gasteiger partial charge in [0.05, 0.1) is 19.8 Å². The van der Waals surface area contributed by atoms with Gasteiger partial charge >= 0.3 is 5.97 Å². The molecule has 0 aliphatic rings. The van der Waals surface area contributed by atoms with Crippen LogP contribution in [0.2, 0.25) is 0 Å². The molecule has 3 aromatic rings. The Morgan fingerprint density at radius 3 is 1.93 bits per heavy atom. The summed E-state index contributed by atoms with van der Waals surface area (Å²) in [4.78, 5) is 24.9. The predicted molar refractivity (Wildman–Crippen MR) is 110 cm³/mol. The van der Waals surface area contributed by atoms with Gasteiger partial charge in [-0.25, -0.2) is 4.79 Å². The van der Waals surface area contributed by atoms with Crippen LogP contribution in [-0.4, -0.2) is 25.7 Å². The molecule has 0 fully saturated rings. The van der Waals surface area contributed by atoms with Crippen LogP contribution in [-0.2, 0) is 0 Å². The van der Waals surface area contributed by atoms with Crippen molar-refractivity contribution in [3.05, 3.63) is 83.9 Å². The van der Waals surface area contributed by atoms with E-state index in [1.165, 1.54) is 14.2 Å². The Morgan fingerprint density at radius 1 is 0.750 bits per heavy atom. The van der Waals surface area contributed by atoms with Crippen LogP contribution >= 0.6 is 8.58 Å². The third-order valence-electron chi connectivity index (χ3n) is 3.99. The molecule has 0 bridgehead atoms. The van der Waals surface area contributed by atoms with Crippen molar-refractivity contribution in [1.29, 1.82) is 0 Å². The monoisotopic (exact) mass is 394 g/mol. The first kappa shape index (κ1) is 19.6. The molecular formula is C22H19O5P. The number of methoxy groups -OCH3 is 2. The van der Waals surface area contributed by atoms with Gasteiger partial charge in [0, 0.05) is 0 Å². The molecule has 0 saturated carbocycles. The van der Waals surface area contributed by atoms with Gasteiger partial charge in [-0.3, -0.25) is 4.79 Å². The molecule has 1 unspecified atom stereocenters. The smallest absolute Gasteiger partial charge is 0.343 e. The van der Waals surface area contributed by atoms with E-state index >= 15 is 0 Å². The summed E-state index contributed by atoms with van der Waals surface area (Å²) in [5.41, 5.74) is 0.806. The minimum absolute atomic E-state index is 0.0941. The zero-order chi connectivity index (χ0) is 19.9. The fourth-order valence-electron chi connectivity index (χ4n) is 2.62. The average molecular weight is 394 g/mol. The van der Waals surface area contributed by atoms with Crippen LogP contribution in [0.5, 0.6) is 17.2 Å². The van der Waals surface area contributed by atoms with Crippen molar-refractivity contribution in [2.45, 2.75) is 0 Å². The number of carbonyl (C=O) groups is 2. The van der Waals surface area contributed by atoms with Crippen LogP contribution in [0.1, 0.15) is 20.7 Å². The predicted octanol–water partition coefficient (Wildman–Crippen LogP) is 4.07. The highest BCUT2D eigenvalue weighted by molar-refractivity contribution is 7.66. The molecule has 6 heteroatoms. The van der Waals surface area contributed by atoms with Crippen LogP contribution in [0, 0.1) is 0 Å². The van der Waals surface area contributed by atoms with E-state index in [9.17, 15) is 9.59 Å². The minimum Gasteiger partial charge on any atom is -0.496 e. The van der Waals surface area contributed by atoms with Gasteiger partial charge < -0.3 is 14.2 Å². The van der Waals surface area contributed by atoms with Gasteiger partial charge in [-0.05, 0) is 50.3 Å². The van der Waals surface area contributed by atoms with Crippen molar-refractivity contribution in [3.63, 3.8) is 0 Å². The fourth-order valence-corrected chi connectivity index (χ4v) is 3.58. The van der Waals surface area contributed by atoms with Crippen LogP contribution < -0.4 is 19.5 Å². The average Bonchev–Trinajstić information content (AvgIpc) is 2.75. The topological polar surface area (TPSA) is 61.8 Å². The van der Waals surface area contributed by atoms with Crippen LogP contribution in [0.15, 0.2) is 72.8 Å². The standard InChI is InChI=1S/C22H19O5P/c1-25-18-9-6-10-19(26-2)20(18)22(24)28-17-13-11-16(12-14-17)27-21(23)15-7-4-3-5-8-15/h3-14,28H,1-2H3. The van der Waals surface area contributed by atoms with Gasteiger partial charge in [0.2, 0.25) is 0 Å². The van der Waals surface area contributed by atoms with Crippen molar-refractivity contribution in [2.75, 3.05) is 14.2 Å². The molecule has 3 rings (SSSR count). The number of hydrogen-bond acceptors (Lipinski definition) is 5. The molecule has 0 saturated heterocycles. The molecule has 0 heterocycles. The fraction of sp³-hybridized carbons (Fsp3) is 0.0909. The number of ether oxygens (including phenoxy) is 3. The third kappa shape index (κ3) is 4.56. The van der Waals surface area contributed by atoms with Gasteiger partial charge in [-0.1, -0.05) is 36.4 Å². The van der Waals surface area contributed by atoms with Crippen LogP contribution in [0.4, 0.5) is 0 Å². The number of esters is 1. The van der Waals surface area contributed by atoms with Gasteiger partial charge in [-0.15, -0.1) is 0 Å². The number of carbonyl (C=O) groups excluding carboxylic acids is 2. The Balaban J connectivity index is 1.71. The van der Waals surface area contributed by atoms with Crippen molar-refractivity contribution in [1.82, 2.24) is 0 Å². The highest BCUT2D eigenvalue weighted by atomic mass is 31.1. The maximum Gasteiger partial charge on any atom is 0.343 e. The summed E-state index contributed by atoms with van der Waals surface area (Å²) >= 11 is 0. The normalized spacial score (nSPS) is 10.6. The quantitative estimate of drug-likeness (QED) is 0.344. The summed E-state index contributed by atoms with van der Waals surface area (Å²) in [6, 6.07) is 20.9.